The van der Waals surface area contributed by atoms with Gasteiger partial charge >= 0.3 is 0 Å². The highest BCUT2D eigenvalue weighted by atomic mass is 35.5. The Bertz CT molecular complexity index is 904. The lowest BCUT2D eigenvalue weighted by molar-refractivity contribution is 0.102. The molecule has 0 fully saturated rings. The molecule has 1 aromatic heterocycles. The largest absolute Gasteiger partial charge is 0.495 e. The molecular formula is C15H15Cl2N3O4S. The molecule has 134 valence electrons. The molecular weight excluding hydrogens is 389 g/mol. The van der Waals surface area contributed by atoms with Gasteiger partial charge in [0.25, 0.3) is 5.91 Å². The van der Waals surface area contributed by atoms with E-state index in [-0.39, 0.29) is 16.5 Å². The number of hydrogen-bond acceptors (Lipinski definition) is 6. The van der Waals surface area contributed by atoms with Gasteiger partial charge < -0.3 is 10.1 Å². The molecule has 0 saturated heterocycles. The summed E-state index contributed by atoms with van der Waals surface area (Å²) in [6.07, 6.45) is 1.49. The van der Waals surface area contributed by atoms with Crippen LogP contribution in [-0.4, -0.2) is 37.2 Å². The number of nitrogens with zero attached hydrogens (tertiary/aromatic N) is 2. The molecule has 2 aromatic rings. The van der Waals surface area contributed by atoms with Crippen molar-refractivity contribution in [1.29, 1.82) is 0 Å². The SMILES string of the molecule is CCCS(=O)(=O)c1ncc(Cl)c(C(=O)Nc2ccc(OC)c(Cl)c2)n1. The molecule has 10 heteroatoms. The fourth-order valence-corrected chi connectivity index (χ4v) is 3.55. The summed E-state index contributed by atoms with van der Waals surface area (Å²) in [5.74, 6) is -0.349. The topological polar surface area (TPSA) is 98.2 Å². The van der Waals surface area contributed by atoms with Crippen LogP contribution in [0.4, 0.5) is 5.69 Å². The number of anilines is 1. The van der Waals surface area contributed by atoms with Crippen LogP contribution >= 0.6 is 23.2 Å². The van der Waals surface area contributed by atoms with Crippen molar-refractivity contribution in [1.82, 2.24) is 9.97 Å². The number of halogens is 2. The van der Waals surface area contributed by atoms with Crippen LogP contribution in [0, 0.1) is 0 Å². The second-order valence-electron chi connectivity index (χ2n) is 4.97. The Labute approximate surface area is 155 Å². The van der Waals surface area contributed by atoms with E-state index in [9.17, 15) is 13.2 Å². The number of carbonyl (C=O) groups is 1. The van der Waals surface area contributed by atoms with Crippen molar-refractivity contribution in [3.63, 3.8) is 0 Å². The van der Waals surface area contributed by atoms with Crippen molar-refractivity contribution in [2.24, 2.45) is 0 Å². The summed E-state index contributed by atoms with van der Waals surface area (Å²) in [4.78, 5) is 19.9. The molecule has 1 amide bonds. The zero-order valence-electron chi connectivity index (χ0n) is 13.4. The highest BCUT2D eigenvalue weighted by molar-refractivity contribution is 7.91. The first-order chi connectivity index (χ1) is 11.8. The quantitative estimate of drug-likeness (QED) is 0.743. The minimum atomic E-state index is -3.67. The zero-order valence-corrected chi connectivity index (χ0v) is 15.7. The molecule has 1 N–H and O–H groups in total. The molecule has 2 rings (SSSR count). The first-order valence-corrected chi connectivity index (χ1v) is 9.59. The lowest BCUT2D eigenvalue weighted by atomic mass is 10.3. The number of sulfone groups is 1. The molecule has 0 spiro atoms. The van der Waals surface area contributed by atoms with Crippen molar-refractivity contribution >= 4 is 44.6 Å². The Morgan fingerprint density at radius 2 is 2.00 bits per heavy atom. The lowest BCUT2D eigenvalue weighted by Crippen LogP contribution is -2.18. The predicted octanol–water partition coefficient (Wildman–Crippen LogP) is 3.23. The lowest BCUT2D eigenvalue weighted by Gasteiger charge is -2.09. The van der Waals surface area contributed by atoms with Gasteiger partial charge in [-0.25, -0.2) is 18.4 Å². The maximum atomic E-state index is 12.4. The number of aromatic nitrogens is 2. The number of hydrogen-bond donors (Lipinski definition) is 1. The predicted molar refractivity (Wildman–Crippen MR) is 95.3 cm³/mol. The van der Waals surface area contributed by atoms with E-state index in [0.29, 0.717) is 22.9 Å². The first kappa shape index (κ1) is 19.4. The Morgan fingerprint density at radius 1 is 1.28 bits per heavy atom. The molecule has 0 aliphatic rings. The Morgan fingerprint density at radius 3 is 2.60 bits per heavy atom. The van der Waals surface area contributed by atoms with Crippen molar-refractivity contribution in [2.45, 2.75) is 18.5 Å². The van der Waals surface area contributed by atoms with E-state index in [1.807, 2.05) is 0 Å². The number of ether oxygens (including phenoxy) is 1. The fourth-order valence-electron chi connectivity index (χ4n) is 1.95. The Kier molecular flexibility index (Phi) is 6.21. The summed E-state index contributed by atoms with van der Waals surface area (Å²) < 4.78 is 29.2. The third-order valence-corrected chi connectivity index (χ3v) is 5.37. The summed E-state index contributed by atoms with van der Waals surface area (Å²) in [5, 5.41) is 2.36. The molecule has 25 heavy (non-hydrogen) atoms. The second kappa shape index (κ2) is 7.99. The minimum Gasteiger partial charge on any atom is -0.495 e. The van der Waals surface area contributed by atoms with Gasteiger partial charge in [0.1, 0.15) is 5.75 Å². The third-order valence-electron chi connectivity index (χ3n) is 3.10. The average Bonchev–Trinajstić information content (AvgIpc) is 2.55. The van der Waals surface area contributed by atoms with Gasteiger partial charge in [0, 0.05) is 5.69 Å². The van der Waals surface area contributed by atoms with Gasteiger partial charge in [0.05, 0.1) is 29.1 Å². The van der Waals surface area contributed by atoms with E-state index in [1.165, 1.54) is 13.2 Å². The normalized spacial score (nSPS) is 11.2. The van der Waals surface area contributed by atoms with Crippen LogP contribution in [-0.2, 0) is 9.84 Å². The maximum Gasteiger partial charge on any atom is 0.275 e. The summed E-state index contributed by atoms with van der Waals surface area (Å²) in [5.41, 5.74) is 0.140. The van der Waals surface area contributed by atoms with Crippen LogP contribution in [0.2, 0.25) is 10.0 Å². The molecule has 0 radical (unpaired) electrons. The van der Waals surface area contributed by atoms with Gasteiger partial charge in [0.2, 0.25) is 15.0 Å². The molecule has 0 atom stereocenters. The van der Waals surface area contributed by atoms with Crippen molar-refractivity contribution < 1.29 is 17.9 Å². The molecule has 0 bridgehead atoms. The van der Waals surface area contributed by atoms with Crippen LogP contribution in [0.1, 0.15) is 23.8 Å². The number of benzene rings is 1. The number of carbonyl (C=O) groups excluding carboxylic acids is 1. The number of methoxy groups -OCH3 is 1. The third kappa shape index (κ3) is 4.59. The number of rotatable bonds is 6. The van der Waals surface area contributed by atoms with E-state index < -0.39 is 20.9 Å². The van der Waals surface area contributed by atoms with Gasteiger partial charge in [-0.15, -0.1) is 0 Å². The minimum absolute atomic E-state index is 0.0624. The summed E-state index contributed by atoms with van der Waals surface area (Å²) >= 11 is 11.9. The van der Waals surface area contributed by atoms with Gasteiger partial charge in [-0.3, -0.25) is 4.79 Å². The first-order valence-electron chi connectivity index (χ1n) is 7.18. The molecule has 0 aliphatic carbocycles. The van der Waals surface area contributed by atoms with E-state index in [0.717, 1.165) is 6.20 Å². The molecule has 7 nitrogen and oxygen atoms in total. The average molecular weight is 404 g/mol. The molecule has 0 unspecified atom stereocenters. The zero-order chi connectivity index (χ0) is 18.6. The molecule has 1 heterocycles. The molecule has 0 aliphatic heterocycles. The monoisotopic (exact) mass is 403 g/mol. The van der Waals surface area contributed by atoms with Gasteiger partial charge in [-0.05, 0) is 24.6 Å². The van der Waals surface area contributed by atoms with E-state index in [2.05, 4.69) is 15.3 Å². The highest BCUT2D eigenvalue weighted by Gasteiger charge is 2.22. The van der Waals surface area contributed by atoms with Crippen LogP contribution in [0.3, 0.4) is 0 Å². The van der Waals surface area contributed by atoms with Crippen LogP contribution < -0.4 is 10.1 Å². The van der Waals surface area contributed by atoms with E-state index in [1.54, 1.807) is 19.1 Å². The van der Waals surface area contributed by atoms with Crippen molar-refractivity contribution in [2.75, 3.05) is 18.2 Å². The standard InChI is InChI=1S/C15H15Cl2N3O4S/c1-3-6-25(22,23)15-18-8-11(17)13(20-15)14(21)19-9-4-5-12(24-2)10(16)7-9/h4-5,7-8H,3,6H2,1-2H3,(H,19,21). The van der Waals surface area contributed by atoms with E-state index >= 15 is 0 Å². The maximum absolute atomic E-state index is 12.4. The van der Waals surface area contributed by atoms with Crippen molar-refractivity contribution in [3.05, 3.63) is 40.1 Å². The van der Waals surface area contributed by atoms with Crippen molar-refractivity contribution in [3.8, 4) is 5.75 Å². The summed E-state index contributed by atoms with van der Waals surface area (Å²) in [6.45, 7) is 1.72. The summed E-state index contributed by atoms with van der Waals surface area (Å²) in [6, 6.07) is 4.64. The Hall–Kier alpha value is -1.90. The van der Waals surface area contributed by atoms with Gasteiger partial charge in [-0.1, -0.05) is 30.1 Å². The number of nitrogens with one attached hydrogen (secondary N) is 1. The van der Waals surface area contributed by atoms with Crippen LogP contribution in [0.15, 0.2) is 29.6 Å². The van der Waals surface area contributed by atoms with Crippen LogP contribution in [0.5, 0.6) is 5.75 Å². The summed E-state index contributed by atoms with van der Waals surface area (Å²) in [7, 11) is -2.20. The van der Waals surface area contributed by atoms with E-state index in [4.69, 9.17) is 27.9 Å². The number of amides is 1. The molecule has 1 aromatic carbocycles. The van der Waals surface area contributed by atoms with Gasteiger partial charge in [-0.2, -0.15) is 0 Å². The molecule has 0 saturated carbocycles. The van der Waals surface area contributed by atoms with Gasteiger partial charge in [0.15, 0.2) is 5.69 Å². The fraction of sp³-hybridized carbons (Fsp3) is 0.267. The second-order valence-corrected chi connectivity index (χ2v) is 7.79. The Balaban J connectivity index is 2.31. The smallest absolute Gasteiger partial charge is 0.275 e. The highest BCUT2D eigenvalue weighted by Crippen LogP contribution is 2.27. The van der Waals surface area contributed by atoms with Crippen LogP contribution in [0.25, 0.3) is 0 Å².